The molecule has 0 bridgehead atoms. The Kier molecular flexibility index (Phi) is 7.35. The molecule has 0 saturated heterocycles. The van der Waals surface area contributed by atoms with Crippen molar-refractivity contribution in [2.24, 2.45) is 0 Å². The van der Waals surface area contributed by atoms with Gasteiger partial charge in [-0.3, -0.25) is 9.59 Å². The Morgan fingerprint density at radius 3 is 2.19 bits per heavy atom. The lowest BCUT2D eigenvalue weighted by molar-refractivity contribution is -0.118. The summed E-state index contributed by atoms with van der Waals surface area (Å²) in [6, 6.07) is 18.6. The van der Waals surface area contributed by atoms with Crippen molar-refractivity contribution >= 4 is 34.8 Å². The highest BCUT2D eigenvalue weighted by atomic mass is 35.5. The quantitative estimate of drug-likeness (QED) is 0.533. The summed E-state index contributed by atoms with van der Waals surface area (Å²) in [4.78, 5) is 24.9. The molecule has 0 fully saturated rings. The van der Waals surface area contributed by atoms with E-state index in [-0.39, 0.29) is 18.4 Å². The van der Waals surface area contributed by atoms with Crippen molar-refractivity contribution < 1.29 is 23.8 Å². The minimum absolute atomic E-state index is 0.196. The van der Waals surface area contributed by atoms with Crippen LogP contribution in [0.25, 0.3) is 0 Å². The average molecular weight is 441 g/mol. The van der Waals surface area contributed by atoms with E-state index >= 15 is 0 Å². The van der Waals surface area contributed by atoms with Gasteiger partial charge in [0, 0.05) is 16.4 Å². The lowest BCUT2D eigenvalue weighted by Crippen LogP contribution is -2.20. The van der Waals surface area contributed by atoms with E-state index in [4.69, 9.17) is 25.8 Å². The molecule has 3 aromatic carbocycles. The number of nitrogens with one attached hydrogen (secondary N) is 2. The molecule has 0 aliphatic rings. The first-order chi connectivity index (χ1) is 15.0. The van der Waals surface area contributed by atoms with E-state index in [0.717, 1.165) is 0 Å². The number of amides is 2. The molecular formula is C23H21ClN2O5. The van der Waals surface area contributed by atoms with E-state index in [9.17, 15) is 9.59 Å². The summed E-state index contributed by atoms with van der Waals surface area (Å²) in [5.41, 5.74) is 1.35. The Balaban J connectivity index is 1.62. The molecule has 0 atom stereocenters. The van der Waals surface area contributed by atoms with Crippen LogP contribution < -0.4 is 24.8 Å². The standard InChI is InChI=1S/C23H21ClN2O5/c1-29-19-8-3-4-9-20(19)31-14-22(27)25-16-6-5-7-17(13-16)26-23(28)18-11-10-15(24)12-21(18)30-2/h3-13H,14H2,1-2H3,(H,25,27)(H,26,28). The first-order valence-corrected chi connectivity index (χ1v) is 9.68. The fourth-order valence-corrected chi connectivity index (χ4v) is 2.97. The van der Waals surface area contributed by atoms with Crippen LogP contribution in [0.1, 0.15) is 10.4 Å². The highest BCUT2D eigenvalue weighted by Crippen LogP contribution is 2.26. The molecule has 2 N–H and O–H groups in total. The van der Waals surface area contributed by atoms with Gasteiger partial charge in [0.2, 0.25) is 0 Å². The predicted molar refractivity (Wildman–Crippen MR) is 120 cm³/mol. The lowest BCUT2D eigenvalue weighted by Gasteiger charge is -2.12. The van der Waals surface area contributed by atoms with E-state index in [1.54, 1.807) is 60.7 Å². The molecule has 0 aliphatic heterocycles. The van der Waals surface area contributed by atoms with E-state index in [1.165, 1.54) is 14.2 Å². The fraction of sp³-hybridized carbons (Fsp3) is 0.130. The van der Waals surface area contributed by atoms with Crippen LogP contribution in [-0.2, 0) is 4.79 Å². The Morgan fingerprint density at radius 2 is 1.48 bits per heavy atom. The van der Waals surface area contributed by atoms with Gasteiger partial charge in [-0.05, 0) is 48.5 Å². The number of benzene rings is 3. The lowest BCUT2D eigenvalue weighted by atomic mass is 10.1. The van der Waals surface area contributed by atoms with Crippen molar-refractivity contribution in [3.05, 3.63) is 77.3 Å². The van der Waals surface area contributed by atoms with E-state index in [0.29, 0.717) is 39.2 Å². The number of para-hydroxylation sites is 2. The third-order valence-electron chi connectivity index (χ3n) is 4.24. The van der Waals surface area contributed by atoms with Crippen molar-refractivity contribution in [1.29, 1.82) is 0 Å². The normalized spacial score (nSPS) is 10.2. The van der Waals surface area contributed by atoms with Crippen LogP contribution >= 0.6 is 11.6 Å². The number of halogens is 1. The molecule has 0 heterocycles. The third-order valence-corrected chi connectivity index (χ3v) is 4.48. The monoisotopic (exact) mass is 440 g/mol. The van der Waals surface area contributed by atoms with Crippen molar-refractivity contribution in [1.82, 2.24) is 0 Å². The first-order valence-electron chi connectivity index (χ1n) is 9.31. The maximum absolute atomic E-state index is 12.6. The van der Waals surface area contributed by atoms with Gasteiger partial charge < -0.3 is 24.8 Å². The van der Waals surface area contributed by atoms with E-state index in [1.807, 2.05) is 6.07 Å². The number of hydrogen-bond donors (Lipinski definition) is 2. The number of methoxy groups -OCH3 is 2. The number of carbonyl (C=O) groups is 2. The van der Waals surface area contributed by atoms with Gasteiger partial charge in [-0.2, -0.15) is 0 Å². The van der Waals surface area contributed by atoms with Crippen LogP contribution in [0.3, 0.4) is 0 Å². The Bertz CT molecular complexity index is 1090. The molecule has 31 heavy (non-hydrogen) atoms. The largest absolute Gasteiger partial charge is 0.496 e. The highest BCUT2D eigenvalue weighted by Gasteiger charge is 2.14. The van der Waals surface area contributed by atoms with Gasteiger partial charge in [0.05, 0.1) is 19.8 Å². The second-order valence-corrected chi connectivity index (χ2v) is 6.80. The van der Waals surface area contributed by atoms with Gasteiger partial charge in [-0.15, -0.1) is 0 Å². The second-order valence-electron chi connectivity index (χ2n) is 6.37. The zero-order chi connectivity index (χ0) is 22.2. The summed E-state index contributed by atoms with van der Waals surface area (Å²) >= 11 is 5.94. The SMILES string of the molecule is COc1ccccc1OCC(=O)Nc1cccc(NC(=O)c2ccc(Cl)cc2OC)c1. The molecule has 0 spiro atoms. The first kappa shape index (κ1) is 22.0. The molecule has 8 heteroatoms. The van der Waals surface area contributed by atoms with Crippen molar-refractivity contribution in [3.63, 3.8) is 0 Å². The summed E-state index contributed by atoms with van der Waals surface area (Å²) in [6.45, 7) is -0.196. The highest BCUT2D eigenvalue weighted by molar-refractivity contribution is 6.31. The molecule has 0 saturated carbocycles. The zero-order valence-electron chi connectivity index (χ0n) is 17.0. The van der Waals surface area contributed by atoms with Crippen LogP contribution in [0.5, 0.6) is 17.2 Å². The van der Waals surface area contributed by atoms with Gasteiger partial charge in [0.25, 0.3) is 11.8 Å². The molecule has 3 rings (SSSR count). The minimum atomic E-state index is -0.364. The zero-order valence-corrected chi connectivity index (χ0v) is 17.7. The molecule has 0 aliphatic carbocycles. The maximum Gasteiger partial charge on any atom is 0.262 e. The second kappa shape index (κ2) is 10.4. The Labute approximate surface area is 184 Å². The van der Waals surface area contributed by atoms with Crippen molar-refractivity contribution in [3.8, 4) is 17.2 Å². The van der Waals surface area contributed by atoms with Crippen LogP contribution in [0, 0.1) is 0 Å². The van der Waals surface area contributed by atoms with Gasteiger partial charge in [0.15, 0.2) is 18.1 Å². The molecule has 2 amide bonds. The fourth-order valence-electron chi connectivity index (χ4n) is 2.80. The predicted octanol–water partition coefficient (Wildman–Crippen LogP) is 4.63. The van der Waals surface area contributed by atoms with Crippen LogP contribution in [-0.4, -0.2) is 32.6 Å². The van der Waals surface area contributed by atoms with Gasteiger partial charge in [-0.1, -0.05) is 29.8 Å². The van der Waals surface area contributed by atoms with Gasteiger partial charge in [0.1, 0.15) is 5.75 Å². The molecular weight excluding hydrogens is 420 g/mol. The molecule has 0 radical (unpaired) electrons. The van der Waals surface area contributed by atoms with E-state index < -0.39 is 0 Å². The van der Waals surface area contributed by atoms with Gasteiger partial charge >= 0.3 is 0 Å². The molecule has 7 nitrogen and oxygen atoms in total. The van der Waals surface area contributed by atoms with Crippen LogP contribution in [0.2, 0.25) is 5.02 Å². The molecule has 3 aromatic rings. The topological polar surface area (TPSA) is 85.9 Å². The van der Waals surface area contributed by atoms with Crippen LogP contribution in [0.4, 0.5) is 11.4 Å². The minimum Gasteiger partial charge on any atom is -0.496 e. The molecule has 160 valence electrons. The summed E-state index contributed by atoms with van der Waals surface area (Å²) in [7, 11) is 2.99. The molecule has 0 aromatic heterocycles. The van der Waals surface area contributed by atoms with Crippen LogP contribution in [0.15, 0.2) is 66.7 Å². The number of ether oxygens (including phenoxy) is 3. The molecule has 0 unspecified atom stereocenters. The number of carbonyl (C=O) groups excluding carboxylic acids is 2. The van der Waals surface area contributed by atoms with Crippen molar-refractivity contribution in [2.75, 3.05) is 31.5 Å². The number of hydrogen-bond acceptors (Lipinski definition) is 5. The average Bonchev–Trinajstić information content (AvgIpc) is 2.77. The van der Waals surface area contributed by atoms with Crippen molar-refractivity contribution in [2.45, 2.75) is 0 Å². The number of anilines is 2. The summed E-state index contributed by atoms with van der Waals surface area (Å²) in [5.74, 6) is 0.656. The summed E-state index contributed by atoms with van der Waals surface area (Å²) in [6.07, 6.45) is 0. The van der Waals surface area contributed by atoms with E-state index in [2.05, 4.69) is 10.6 Å². The Hall–Kier alpha value is -3.71. The smallest absolute Gasteiger partial charge is 0.262 e. The van der Waals surface area contributed by atoms with Gasteiger partial charge in [-0.25, -0.2) is 0 Å². The summed E-state index contributed by atoms with van der Waals surface area (Å²) < 4.78 is 15.9. The maximum atomic E-state index is 12.6. The summed E-state index contributed by atoms with van der Waals surface area (Å²) in [5, 5.41) is 5.98. The Morgan fingerprint density at radius 1 is 0.806 bits per heavy atom. The number of rotatable bonds is 8. The third kappa shape index (κ3) is 5.90.